The molecule has 0 bridgehead atoms. The summed E-state index contributed by atoms with van der Waals surface area (Å²) in [5, 5.41) is 1.62. The Morgan fingerprint density at radius 1 is 1.29 bits per heavy atom. The lowest BCUT2D eigenvalue weighted by Crippen LogP contribution is -2.13. The van der Waals surface area contributed by atoms with Gasteiger partial charge < -0.3 is 4.74 Å². The van der Waals surface area contributed by atoms with Crippen LogP contribution in [0, 0.1) is 6.92 Å². The van der Waals surface area contributed by atoms with Crippen molar-refractivity contribution in [1.29, 1.82) is 0 Å². The van der Waals surface area contributed by atoms with Crippen molar-refractivity contribution in [2.24, 2.45) is 0 Å². The van der Waals surface area contributed by atoms with E-state index in [1.807, 2.05) is 31.2 Å². The maximum atomic E-state index is 12.2. The lowest BCUT2D eigenvalue weighted by Gasteiger charge is -2.12. The van der Waals surface area contributed by atoms with Crippen LogP contribution in [0.5, 0.6) is 0 Å². The van der Waals surface area contributed by atoms with Crippen LogP contribution in [0.2, 0.25) is 0 Å². The van der Waals surface area contributed by atoms with Gasteiger partial charge in [-0.3, -0.25) is 4.79 Å². The molecule has 1 aromatic carbocycles. The number of carbonyl (C=O) groups is 1. The number of carbonyl (C=O) groups excluding carboxylic acids is 1. The molecule has 0 aromatic heterocycles. The Hall–Kier alpha value is -1.42. The Kier molecular flexibility index (Phi) is 7.98. The zero-order chi connectivity index (χ0) is 15.7. The van der Waals surface area contributed by atoms with Gasteiger partial charge in [-0.15, -0.1) is 0 Å². The highest BCUT2D eigenvalue weighted by Gasteiger charge is 2.09. The molecule has 116 valence electrons. The first-order valence-electron chi connectivity index (χ1n) is 7.35. The van der Waals surface area contributed by atoms with Crippen molar-refractivity contribution in [3.63, 3.8) is 0 Å². The van der Waals surface area contributed by atoms with Gasteiger partial charge in [-0.25, -0.2) is 4.21 Å². The second kappa shape index (κ2) is 9.50. The topological polar surface area (TPSA) is 43.4 Å². The Morgan fingerprint density at radius 2 is 1.95 bits per heavy atom. The molecule has 0 heterocycles. The smallest absolute Gasteiger partial charge is 0.303 e. The number of benzene rings is 1. The quantitative estimate of drug-likeness (QED) is 0.536. The summed E-state index contributed by atoms with van der Waals surface area (Å²) in [7, 11) is -1.21. The highest BCUT2D eigenvalue weighted by Crippen LogP contribution is 2.12. The van der Waals surface area contributed by atoms with E-state index in [9.17, 15) is 9.00 Å². The van der Waals surface area contributed by atoms with Crippen LogP contribution in [0.4, 0.5) is 0 Å². The molecule has 0 saturated heterocycles. The van der Waals surface area contributed by atoms with Gasteiger partial charge in [-0.05, 0) is 38.0 Å². The first-order valence-corrected chi connectivity index (χ1v) is 8.57. The van der Waals surface area contributed by atoms with Crippen molar-refractivity contribution in [1.82, 2.24) is 0 Å². The molecule has 4 heteroatoms. The average Bonchev–Trinajstić information content (AvgIpc) is 2.44. The third-order valence-corrected chi connectivity index (χ3v) is 4.22. The molecular formula is C17H24O3S. The Balaban J connectivity index is 2.64. The molecular weight excluding hydrogens is 284 g/mol. The molecule has 0 fully saturated rings. The third-order valence-electron chi connectivity index (χ3n) is 3.08. The Morgan fingerprint density at radius 3 is 2.52 bits per heavy atom. The molecule has 1 unspecified atom stereocenters. The number of ether oxygens (including phenoxy) is 1. The lowest BCUT2D eigenvalue weighted by molar-refractivity contribution is -0.144. The normalized spacial score (nSPS) is 14.0. The van der Waals surface area contributed by atoms with Gasteiger partial charge in [0.25, 0.3) is 0 Å². The van der Waals surface area contributed by atoms with E-state index in [1.54, 1.807) is 11.5 Å². The minimum atomic E-state index is -1.21. The van der Waals surface area contributed by atoms with Crippen molar-refractivity contribution in [2.75, 3.05) is 0 Å². The van der Waals surface area contributed by atoms with Crippen molar-refractivity contribution < 1.29 is 13.7 Å². The van der Waals surface area contributed by atoms with Gasteiger partial charge in [0.15, 0.2) is 0 Å². The Bertz CT molecular complexity index is 491. The minimum absolute atomic E-state index is 0.288. The minimum Gasteiger partial charge on any atom is -0.458 e. The first-order chi connectivity index (χ1) is 10.0. The van der Waals surface area contributed by atoms with Gasteiger partial charge in [-0.2, -0.15) is 0 Å². The maximum Gasteiger partial charge on any atom is 0.303 e. The zero-order valence-corrected chi connectivity index (χ0v) is 13.8. The molecule has 3 nitrogen and oxygen atoms in total. The standard InChI is InChI=1S/C17H24O3S/c1-4-5-6-7-16(20-15(3)18)12-13-21(19)17-10-8-14(2)9-11-17/h8-13,16H,4-7H2,1-3H3/b13-12+/t16-,21?/m1/s1. The summed E-state index contributed by atoms with van der Waals surface area (Å²) >= 11 is 0. The number of hydrogen-bond donors (Lipinski definition) is 0. The second-order valence-electron chi connectivity index (χ2n) is 5.08. The van der Waals surface area contributed by atoms with Crippen LogP contribution in [0.3, 0.4) is 0 Å². The fraction of sp³-hybridized carbons (Fsp3) is 0.471. The van der Waals surface area contributed by atoms with E-state index in [-0.39, 0.29) is 12.1 Å². The van der Waals surface area contributed by atoms with Gasteiger partial charge in [0.05, 0.1) is 10.8 Å². The summed E-state index contributed by atoms with van der Waals surface area (Å²) in [6, 6.07) is 7.58. The second-order valence-corrected chi connectivity index (χ2v) is 6.42. The van der Waals surface area contributed by atoms with Gasteiger partial charge >= 0.3 is 5.97 Å². The fourth-order valence-electron chi connectivity index (χ4n) is 1.91. The lowest BCUT2D eigenvalue weighted by atomic mass is 10.1. The molecule has 0 N–H and O–H groups in total. The SMILES string of the molecule is CCCCC[C@H](/C=C/S(=O)c1ccc(C)cc1)OC(C)=O. The molecule has 1 aromatic rings. The van der Waals surface area contributed by atoms with Crippen LogP contribution in [0.25, 0.3) is 0 Å². The molecule has 0 saturated carbocycles. The largest absolute Gasteiger partial charge is 0.458 e. The van der Waals surface area contributed by atoms with E-state index >= 15 is 0 Å². The van der Waals surface area contributed by atoms with Crippen molar-refractivity contribution in [3.8, 4) is 0 Å². The monoisotopic (exact) mass is 308 g/mol. The van der Waals surface area contributed by atoms with Crippen LogP contribution in [0.1, 0.15) is 45.1 Å². The predicted octanol–water partition coefficient (Wildman–Crippen LogP) is 4.13. The Labute approximate surface area is 129 Å². The van der Waals surface area contributed by atoms with E-state index in [0.29, 0.717) is 0 Å². The summed E-state index contributed by atoms with van der Waals surface area (Å²) in [4.78, 5) is 11.9. The van der Waals surface area contributed by atoms with E-state index in [0.717, 1.165) is 36.1 Å². The van der Waals surface area contributed by atoms with Crippen molar-refractivity contribution in [3.05, 3.63) is 41.3 Å². The highest BCUT2D eigenvalue weighted by molar-refractivity contribution is 7.88. The summed E-state index contributed by atoms with van der Waals surface area (Å²) in [5.41, 5.74) is 1.14. The van der Waals surface area contributed by atoms with Crippen molar-refractivity contribution in [2.45, 2.75) is 57.5 Å². The summed E-state index contributed by atoms with van der Waals surface area (Å²) in [6.07, 6.45) is 5.44. The maximum absolute atomic E-state index is 12.2. The molecule has 0 aliphatic heterocycles. The number of unbranched alkanes of at least 4 members (excludes halogenated alkanes) is 2. The fourth-order valence-corrected chi connectivity index (χ4v) is 2.79. The molecule has 0 amide bonds. The number of hydrogen-bond acceptors (Lipinski definition) is 3. The number of esters is 1. The van der Waals surface area contributed by atoms with Crippen LogP contribution in [-0.4, -0.2) is 16.3 Å². The molecule has 0 radical (unpaired) electrons. The van der Waals surface area contributed by atoms with Crippen LogP contribution in [0.15, 0.2) is 40.6 Å². The molecule has 0 aliphatic carbocycles. The molecule has 1 rings (SSSR count). The zero-order valence-electron chi connectivity index (χ0n) is 13.0. The third kappa shape index (κ3) is 7.23. The molecule has 0 spiro atoms. The van der Waals surface area contributed by atoms with Gasteiger partial charge in [0.1, 0.15) is 6.10 Å². The van der Waals surface area contributed by atoms with E-state index in [2.05, 4.69) is 6.92 Å². The van der Waals surface area contributed by atoms with Gasteiger partial charge in [0, 0.05) is 17.2 Å². The first kappa shape index (κ1) is 17.6. The van der Waals surface area contributed by atoms with Crippen LogP contribution < -0.4 is 0 Å². The van der Waals surface area contributed by atoms with Gasteiger partial charge in [0.2, 0.25) is 0 Å². The number of aryl methyl sites for hydroxylation is 1. The summed E-state index contributed by atoms with van der Waals surface area (Å²) in [6.45, 7) is 5.52. The number of rotatable bonds is 8. The molecule has 0 aliphatic rings. The molecule has 2 atom stereocenters. The van der Waals surface area contributed by atoms with Crippen LogP contribution in [-0.2, 0) is 20.3 Å². The summed E-state index contributed by atoms with van der Waals surface area (Å²) in [5.74, 6) is -0.303. The predicted molar refractivity (Wildman–Crippen MR) is 86.4 cm³/mol. The summed E-state index contributed by atoms with van der Waals surface area (Å²) < 4.78 is 17.4. The van der Waals surface area contributed by atoms with E-state index < -0.39 is 10.8 Å². The van der Waals surface area contributed by atoms with E-state index in [1.165, 1.54) is 6.92 Å². The van der Waals surface area contributed by atoms with Gasteiger partial charge in [-0.1, -0.05) is 37.5 Å². The average molecular weight is 308 g/mol. The molecule has 21 heavy (non-hydrogen) atoms. The van der Waals surface area contributed by atoms with Crippen molar-refractivity contribution >= 4 is 16.8 Å². The van der Waals surface area contributed by atoms with Crippen LogP contribution >= 0.6 is 0 Å². The van der Waals surface area contributed by atoms with E-state index in [4.69, 9.17) is 4.74 Å². The highest BCUT2D eigenvalue weighted by atomic mass is 32.2.